The first kappa shape index (κ1) is 28.9. The van der Waals surface area contributed by atoms with E-state index in [0.717, 1.165) is 35.1 Å². The van der Waals surface area contributed by atoms with Crippen molar-refractivity contribution in [1.82, 2.24) is 9.21 Å². The predicted octanol–water partition coefficient (Wildman–Crippen LogP) is 5.58. The molecule has 12 heteroatoms. The molecule has 8 nitrogen and oxygen atoms in total. The Hall–Kier alpha value is -3.22. The van der Waals surface area contributed by atoms with Crippen LogP contribution in [0.4, 0.5) is 10.1 Å². The van der Waals surface area contributed by atoms with E-state index in [1.54, 1.807) is 58.8 Å². The first-order chi connectivity index (χ1) is 20.3. The second-order valence-electron chi connectivity index (χ2n) is 10.3. The molecule has 1 fully saturated rings. The van der Waals surface area contributed by atoms with E-state index in [1.165, 1.54) is 12.1 Å². The first-order valence-electron chi connectivity index (χ1n) is 13.5. The molecule has 0 aliphatic carbocycles. The Morgan fingerprint density at radius 3 is 2.60 bits per heavy atom. The fourth-order valence-electron chi connectivity index (χ4n) is 4.95. The number of thioether (sulfide) groups is 1. The van der Waals surface area contributed by atoms with Crippen LogP contribution in [0.3, 0.4) is 0 Å². The van der Waals surface area contributed by atoms with E-state index in [0.29, 0.717) is 34.3 Å². The normalized spacial score (nSPS) is 21.0. The maximum Gasteiger partial charge on any atom is 0.243 e. The summed E-state index contributed by atoms with van der Waals surface area (Å²) in [6, 6.07) is 18.7. The summed E-state index contributed by atoms with van der Waals surface area (Å²) in [5.41, 5.74) is 2.39. The molecule has 0 radical (unpaired) electrons. The van der Waals surface area contributed by atoms with Gasteiger partial charge in [0.2, 0.25) is 10.0 Å². The van der Waals surface area contributed by atoms with Gasteiger partial charge < -0.3 is 15.0 Å². The number of halogens is 2. The monoisotopic (exact) mass is 625 g/mol. The fraction of sp³-hybridized carbons (Fsp3) is 0.267. The molecule has 6 rings (SSSR count). The molecule has 3 heterocycles. The zero-order chi connectivity index (χ0) is 29.3. The highest BCUT2D eigenvalue weighted by atomic mass is 35.5. The summed E-state index contributed by atoms with van der Waals surface area (Å²) in [7, 11) is -1.53. The summed E-state index contributed by atoms with van der Waals surface area (Å²) < 4.78 is 47.0. The van der Waals surface area contributed by atoms with E-state index in [2.05, 4.69) is 26.3 Å². The number of nitrogens with one attached hydrogen (secondary N) is 1. The van der Waals surface area contributed by atoms with Crippen LogP contribution in [-0.2, 0) is 16.6 Å². The Kier molecular flexibility index (Phi) is 8.37. The van der Waals surface area contributed by atoms with Gasteiger partial charge in [-0.2, -0.15) is 4.31 Å². The number of hydrogen-bond donors (Lipinski definition) is 1. The highest BCUT2D eigenvalue weighted by Gasteiger charge is 2.34. The van der Waals surface area contributed by atoms with Crippen molar-refractivity contribution < 1.29 is 17.5 Å². The third kappa shape index (κ3) is 6.25. The van der Waals surface area contributed by atoms with Gasteiger partial charge in [-0.1, -0.05) is 53.7 Å². The van der Waals surface area contributed by atoms with Gasteiger partial charge in [-0.05, 0) is 60.6 Å². The number of hydrogen-bond acceptors (Lipinski definition) is 8. The van der Waals surface area contributed by atoms with Crippen molar-refractivity contribution in [1.29, 1.82) is 0 Å². The molecule has 0 amide bonds. The maximum absolute atomic E-state index is 13.5. The van der Waals surface area contributed by atoms with E-state index in [4.69, 9.17) is 16.3 Å². The number of ether oxygens (including phenoxy) is 1. The molecule has 1 saturated heterocycles. The second-order valence-corrected chi connectivity index (χ2v) is 13.8. The van der Waals surface area contributed by atoms with Crippen LogP contribution in [0.25, 0.3) is 4.91 Å². The first-order valence-corrected chi connectivity index (χ1v) is 16.2. The molecule has 42 heavy (non-hydrogen) atoms. The number of amidine groups is 1. The van der Waals surface area contributed by atoms with Gasteiger partial charge in [0.05, 0.1) is 15.8 Å². The largest absolute Gasteiger partial charge is 0.487 e. The number of anilines is 1. The van der Waals surface area contributed by atoms with Gasteiger partial charge >= 0.3 is 0 Å². The van der Waals surface area contributed by atoms with Gasteiger partial charge in [-0.15, -0.1) is 0 Å². The predicted molar refractivity (Wildman–Crippen MR) is 167 cm³/mol. The molecule has 0 spiro atoms. The Morgan fingerprint density at radius 2 is 1.86 bits per heavy atom. The van der Waals surface area contributed by atoms with E-state index < -0.39 is 10.0 Å². The van der Waals surface area contributed by atoms with Gasteiger partial charge in [-0.25, -0.2) is 17.8 Å². The minimum atomic E-state index is -3.52. The highest BCUT2D eigenvalue weighted by molar-refractivity contribution is 8.09. The molecule has 3 aromatic carbocycles. The topological polar surface area (TPSA) is 86.6 Å². The minimum Gasteiger partial charge on any atom is -0.487 e. The molecule has 3 aromatic rings. The van der Waals surface area contributed by atoms with Crippen molar-refractivity contribution in [3.05, 3.63) is 94.8 Å². The van der Waals surface area contributed by atoms with Gasteiger partial charge in [0.15, 0.2) is 0 Å². The molecule has 0 bridgehead atoms. The Balaban J connectivity index is 1.12. The van der Waals surface area contributed by atoms with Crippen LogP contribution in [0, 0.1) is 11.7 Å². The molecular weight excluding hydrogens is 597 g/mol. The third-order valence-corrected chi connectivity index (χ3v) is 10.8. The van der Waals surface area contributed by atoms with E-state index in [9.17, 15) is 12.8 Å². The van der Waals surface area contributed by atoms with Crippen molar-refractivity contribution in [2.24, 2.45) is 15.9 Å². The standard InChI is InChI=1S/C30H29ClFN5O3S2/c1-36-11-13-37(14-12-36)42(38,39)24-8-5-21(6-9-24)28-17-25-29(33-19-34-30(25)41-28)35-23-7-10-27(26(31)16-23)40-18-20-3-2-4-22(32)15-20/h2-10,15-17,19,25,30H,11-14,18H2,1H3,(H,33,34,35). The van der Waals surface area contributed by atoms with Crippen LogP contribution >= 0.6 is 23.4 Å². The summed E-state index contributed by atoms with van der Waals surface area (Å²) in [6.45, 7) is 2.64. The summed E-state index contributed by atoms with van der Waals surface area (Å²) in [4.78, 5) is 12.5. The molecule has 2 unspecified atom stereocenters. The number of likely N-dealkylation sites (N-methyl/N-ethyl adjacent to an activating group) is 1. The minimum absolute atomic E-state index is 0.0851. The third-order valence-electron chi connectivity index (χ3n) is 7.34. The van der Waals surface area contributed by atoms with Crippen LogP contribution in [0.15, 0.2) is 87.7 Å². The number of aliphatic imine (C=N–C) groups is 2. The van der Waals surface area contributed by atoms with Crippen molar-refractivity contribution in [3.8, 4) is 5.75 Å². The lowest BCUT2D eigenvalue weighted by molar-refractivity contribution is 0.222. The number of nitrogens with zero attached hydrogens (tertiary/aromatic N) is 4. The Bertz CT molecular complexity index is 1670. The Labute approximate surface area is 254 Å². The number of rotatable bonds is 7. The number of fused-ring (bicyclic) bond motifs is 1. The zero-order valence-electron chi connectivity index (χ0n) is 22.8. The second kappa shape index (κ2) is 12.2. The maximum atomic E-state index is 13.5. The van der Waals surface area contributed by atoms with Gasteiger partial charge in [0.25, 0.3) is 0 Å². The van der Waals surface area contributed by atoms with Crippen molar-refractivity contribution in [3.63, 3.8) is 0 Å². The molecule has 2 atom stereocenters. The molecule has 218 valence electrons. The van der Waals surface area contributed by atoms with Crippen LogP contribution < -0.4 is 10.1 Å². The lowest BCUT2D eigenvalue weighted by Gasteiger charge is -2.31. The van der Waals surface area contributed by atoms with Gasteiger partial charge in [0, 0.05) is 36.8 Å². The SMILES string of the molecule is CN1CCN(S(=O)(=O)c2ccc(C3=CC4C(Nc5ccc(OCc6cccc(F)c6)c(Cl)c5)=NC=NC4S3)cc2)CC1. The van der Waals surface area contributed by atoms with Crippen LogP contribution in [0.2, 0.25) is 5.02 Å². The van der Waals surface area contributed by atoms with E-state index >= 15 is 0 Å². The lowest BCUT2D eigenvalue weighted by atomic mass is 10.0. The molecule has 3 aliphatic heterocycles. The lowest BCUT2D eigenvalue weighted by Crippen LogP contribution is -2.46. The summed E-state index contributed by atoms with van der Waals surface area (Å²) in [6.07, 6.45) is 3.66. The summed E-state index contributed by atoms with van der Waals surface area (Å²) in [5, 5.41) is 3.70. The van der Waals surface area contributed by atoms with Gasteiger partial charge in [0.1, 0.15) is 35.7 Å². The molecule has 1 N–H and O–H groups in total. The quantitative estimate of drug-likeness (QED) is 0.369. The van der Waals surface area contributed by atoms with Crippen molar-refractivity contribution >= 4 is 56.2 Å². The van der Waals surface area contributed by atoms with Crippen LogP contribution in [-0.4, -0.2) is 68.4 Å². The average Bonchev–Trinajstić information content (AvgIpc) is 3.43. The summed E-state index contributed by atoms with van der Waals surface area (Å²) in [5.74, 6) is 0.821. The average molecular weight is 626 g/mol. The number of sulfonamides is 1. The van der Waals surface area contributed by atoms with Gasteiger partial charge in [-0.3, -0.25) is 4.99 Å². The van der Waals surface area contributed by atoms with Crippen LogP contribution in [0.5, 0.6) is 5.75 Å². The zero-order valence-corrected chi connectivity index (χ0v) is 25.2. The van der Waals surface area contributed by atoms with Crippen LogP contribution in [0.1, 0.15) is 11.1 Å². The molecule has 0 aromatic heterocycles. The van der Waals surface area contributed by atoms with Crippen molar-refractivity contribution in [2.75, 3.05) is 38.5 Å². The molecule has 0 saturated carbocycles. The fourth-order valence-corrected chi connectivity index (χ4v) is 7.84. The summed E-state index contributed by atoms with van der Waals surface area (Å²) >= 11 is 8.11. The number of piperazine rings is 1. The highest BCUT2D eigenvalue weighted by Crippen LogP contribution is 2.45. The number of benzene rings is 3. The molecule has 3 aliphatic rings. The smallest absolute Gasteiger partial charge is 0.243 e. The molecular formula is C30H29ClFN5O3S2. The van der Waals surface area contributed by atoms with E-state index in [-0.39, 0.29) is 23.7 Å². The van der Waals surface area contributed by atoms with E-state index in [1.807, 2.05) is 25.2 Å². The van der Waals surface area contributed by atoms with Crippen molar-refractivity contribution in [2.45, 2.75) is 16.9 Å². The Morgan fingerprint density at radius 1 is 1.07 bits per heavy atom.